The Bertz CT molecular complexity index is 588. The molecule has 21 heavy (non-hydrogen) atoms. The molecule has 1 aromatic heterocycles. The van der Waals surface area contributed by atoms with Crippen LogP contribution in [0, 0.1) is 5.92 Å². The zero-order valence-electron chi connectivity index (χ0n) is 12.2. The quantitative estimate of drug-likeness (QED) is 0.874. The summed E-state index contributed by atoms with van der Waals surface area (Å²) in [7, 11) is 0. The van der Waals surface area contributed by atoms with E-state index in [0.29, 0.717) is 17.1 Å². The average Bonchev–Trinajstić information content (AvgIpc) is 2.80. The smallest absolute Gasteiger partial charge is 0.131 e. The predicted molar refractivity (Wildman–Crippen MR) is 87.5 cm³/mol. The lowest BCUT2D eigenvalue weighted by Gasteiger charge is -2.18. The first-order valence-electron chi connectivity index (χ1n) is 7.35. The molecular weight excluding hydrogens is 282 g/mol. The standard InChI is InChI=1S/C17H20ClN3/c1-13-10-21(11-14-5-3-2-4-6-14)12-16(13)20-15-7-8-19-17(18)9-15/h2-9,13,16H,10-12H2,1H3,(H,19,20). The first-order chi connectivity index (χ1) is 10.2. The lowest BCUT2D eigenvalue weighted by molar-refractivity contribution is 0.319. The summed E-state index contributed by atoms with van der Waals surface area (Å²) in [5, 5.41) is 4.12. The van der Waals surface area contributed by atoms with Crippen molar-refractivity contribution in [1.29, 1.82) is 0 Å². The Morgan fingerprint density at radius 2 is 2.05 bits per heavy atom. The predicted octanol–water partition coefficient (Wildman–Crippen LogP) is 3.67. The zero-order chi connectivity index (χ0) is 14.7. The highest BCUT2D eigenvalue weighted by Gasteiger charge is 2.29. The number of rotatable bonds is 4. The van der Waals surface area contributed by atoms with E-state index in [9.17, 15) is 0 Å². The lowest BCUT2D eigenvalue weighted by atomic mass is 10.1. The summed E-state index contributed by atoms with van der Waals surface area (Å²) in [5.41, 5.74) is 2.42. The van der Waals surface area contributed by atoms with Gasteiger partial charge in [-0.2, -0.15) is 0 Å². The molecule has 2 heterocycles. The third-order valence-corrected chi connectivity index (χ3v) is 4.22. The monoisotopic (exact) mass is 301 g/mol. The van der Waals surface area contributed by atoms with Gasteiger partial charge in [-0.05, 0) is 23.6 Å². The lowest BCUT2D eigenvalue weighted by Crippen LogP contribution is -2.27. The average molecular weight is 302 g/mol. The molecule has 1 fully saturated rings. The molecule has 0 spiro atoms. The Balaban J connectivity index is 1.61. The number of hydrogen-bond donors (Lipinski definition) is 1. The van der Waals surface area contributed by atoms with Crippen molar-refractivity contribution in [2.45, 2.75) is 19.5 Å². The van der Waals surface area contributed by atoms with Gasteiger partial charge in [0, 0.05) is 37.6 Å². The van der Waals surface area contributed by atoms with Crippen LogP contribution in [0.5, 0.6) is 0 Å². The Morgan fingerprint density at radius 1 is 1.24 bits per heavy atom. The summed E-state index contributed by atoms with van der Waals surface area (Å²) in [6, 6.07) is 14.9. The number of nitrogens with one attached hydrogen (secondary N) is 1. The molecule has 1 N–H and O–H groups in total. The zero-order valence-corrected chi connectivity index (χ0v) is 12.9. The van der Waals surface area contributed by atoms with Crippen LogP contribution in [0.2, 0.25) is 5.15 Å². The van der Waals surface area contributed by atoms with Crippen molar-refractivity contribution in [1.82, 2.24) is 9.88 Å². The van der Waals surface area contributed by atoms with Crippen LogP contribution in [0.3, 0.4) is 0 Å². The molecule has 0 saturated carbocycles. The Labute approximate surface area is 131 Å². The van der Waals surface area contributed by atoms with Crippen LogP contribution in [0.15, 0.2) is 48.7 Å². The molecule has 110 valence electrons. The first-order valence-corrected chi connectivity index (χ1v) is 7.73. The summed E-state index contributed by atoms with van der Waals surface area (Å²) in [5.74, 6) is 0.612. The van der Waals surface area contributed by atoms with E-state index in [2.05, 4.69) is 52.5 Å². The minimum absolute atomic E-state index is 0.451. The van der Waals surface area contributed by atoms with E-state index in [4.69, 9.17) is 11.6 Å². The topological polar surface area (TPSA) is 28.2 Å². The number of hydrogen-bond acceptors (Lipinski definition) is 3. The van der Waals surface area contributed by atoms with E-state index in [0.717, 1.165) is 25.3 Å². The SMILES string of the molecule is CC1CN(Cc2ccccc2)CC1Nc1ccnc(Cl)c1. The van der Waals surface area contributed by atoms with Crippen molar-refractivity contribution in [2.24, 2.45) is 5.92 Å². The molecule has 2 atom stereocenters. The maximum absolute atomic E-state index is 5.94. The highest BCUT2D eigenvalue weighted by Crippen LogP contribution is 2.23. The van der Waals surface area contributed by atoms with Crippen molar-refractivity contribution in [2.75, 3.05) is 18.4 Å². The summed E-state index contributed by atoms with van der Waals surface area (Å²) in [4.78, 5) is 6.52. The number of pyridine rings is 1. The molecule has 1 aromatic carbocycles. The molecule has 4 heteroatoms. The number of aromatic nitrogens is 1. The van der Waals surface area contributed by atoms with Crippen LogP contribution >= 0.6 is 11.6 Å². The van der Waals surface area contributed by atoms with Crippen LogP contribution in [0.1, 0.15) is 12.5 Å². The van der Waals surface area contributed by atoms with Crippen molar-refractivity contribution in [3.05, 3.63) is 59.4 Å². The molecule has 1 aliphatic heterocycles. The summed E-state index contributed by atoms with van der Waals surface area (Å²) < 4.78 is 0. The molecule has 3 nitrogen and oxygen atoms in total. The molecule has 2 aromatic rings. The second-order valence-electron chi connectivity index (χ2n) is 5.78. The van der Waals surface area contributed by atoms with Gasteiger partial charge >= 0.3 is 0 Å². The van der Waals surface area contributed by atoms with E-state index in [1.54, 1.807) is 6.20 Å². The fourth-order valence-corrected chi connectivity index (χ4v) is 3.11. The van der Waals surface area contributed by atoms with E-state index in [1.165, 1.54) is 5.56 Å². The van der Waals surface area contributed by atoms with Gasteiger partial charge in [0.25, 0.3) is 0 Å². The highest BCUT2D eigenvalue weighted by molar-refractivity contribution is 6.29. The van der Waals surface area contributed by atoms with Crippen LogP contribution in [0.4, 0.5) is 5.69 Å². The van der Waals surface area contributed by atoms with Gasteiger partial charge in [-0.25, -0.2) is 4.98 Å². The van der Waals surface area contributed by atoms with E-state index in [-0.39, 0.29) is 0 Å². The van der Waals surface area contributed by atoms with Gasteiger partial charge in [-0.1, -0.05) is 48.9 Å². The van der Waals surface area contributed by atoms with Crippen molar-refractivity contribution < 1.29 is 0 Å². The second-order valence-corrected chi connectivity index (χ2v) is 6.16. The van der Waals surface area contributed by atoms with Crippen molar-refractivity contribution in [3.8, 4) is 0 Å². The minimum atomic E-state index is 0.451. The van der Waals surface area contributed by atoms with Gasteiger partial charge in [0.15, 0.2) is 0 Å². The van der Waals surface area contributed by atoms with Crippen LogP contribution in [0.25, 0.3) is 0 Å². The Morgan fingerprint density at radius 3 is 2.81 bits per heavy atom. The van der Waals surface area contributed by atoms with Gasteiger partial charge in [0.2, 0.25) is 0 Å². The van der Waals surface area contributed by atoms with Crippen LogP contribution in [-0.2, 0) is 6.54 Å². The normalized spacial score (nSPS) is 22.4. The summed E-state index contributed by atoms with van der Waals surface area (Å²) >= 11 is 5.94. The third kappa shape index (κ3) is 3.74. The maximum atomic E-state index is 5.94. The maximum Gasteiger partial charge on any atom is 0.131 e. The molecule has 0 aliphatic carbocycles. The third-order valence-electron chi connectivity index (χ3n) is 4.02. The Hall–Kier alpha value is -1.58. The van der Waals surface area contributed by atoms with E-state index < -0.39 is 0 Å². The number of likely N-dealkylation sites (tertiary alicyclic amines) is 1. The molecule has 3 rings (SSSR count). The number of nitrogens with zero attached hydrogens (tertiary/aromatic N) is 2. The fourth-order valence-electron chi connectivity index (χ4n) is 2.93. The second kappa shape index (κ2) is 6.46. The van der Waals surface area contributed by atoms with Crippen molar-refractivity contribution in [3.63, 3.8) is 0 Å². The highest BCUT2D eigenvalue weighted by atomic mass is 35.5. The number of halogens is 1. The van der Waals surface area contributed by atoms with E-state index >= 15 is 0 Å². The Kier molecular flexibility index (Phi) is 4.42. The van der Waals surface area contributed by atoms with Crippen molar-refractivity contribution >= 4 is 17.3 Å². The minimum Gasteiger partial charge on any atom is -0.381 e. The van der Waals surface area contributed by atoms with E-state index in [1.807, 2.05) is 12.1 Å². The van der Waals surface area contributed by atoms with Gasteiger partial charge < -0.3 is 5.32 Å². The molecule has 0 radical (unpaired) electrons. The largest absolute Gasteiger partial charge is 0.381 e. The fraction of sp³-hybridized carbons (Fsp3) is 0.353. The molecule has 1 aliphatic rings. The first kappa shape index (κ1) is 14.4. The number of benzene rings is 1. The molecule has 2 unspecified atom stereocenters. The molecule has 0 amide bonds. The van der Waals surface area contributed by atoms with Crippen LogP contribution < -0.4 is 5.32 Å². The molecular formula is C17H20ClN3. The molecule has 1 saturated heterocycles. The van der Waals surface area contributed by atoms with Gasteiger partial charge in [-0.3, -0.25) is 4.90 Å². The summed E-state index contributed by atoms with van der Waals surface area (Å²) in [6.45, 7) is 5.48. The van der Waals surface area contributed by atoms with Crippen LogP contribution in [-0.4, -0.2) is 29.0 Å². The summed E-state index contributed by atoms with van der Waals surface area (Å²) in [6.07, 6.45) is 1.74. The van der Waals surface area contributed by atoms with Gasteiger partial charge in [0.05, 0.1) is 0 Å². The van der Waals surface area contributed by atoms with Gasteiger partial charge in [0.1, 0.15) is 5.15 Å². The van der Waals surface area contributed by atoms with Gasteiger partial charge in [-0.15, -0.1) is 0 Å². The number of anilines is 1. The molecule has 0 bridgehead atoms.